The maximum absolute atomic E-state index is 13.7. The molecular weight excluding hydrogens is 424 g/mol. The zero-order valence-corrected chi connectivity index (χ0v) is 18.4. The second-order valence-corrected chi connectivity index (χ2v) is 8.49. The molecule has 9 heteroatoms. The lowest BCUT2D eigenvalue weighted by Gasteiger charge is -2.33. The normalized spacial score (nSPS) is 16.6. The fourth-order valence-electron chi connectivity index (χ4n) is 4.48. The van der Waals surface area contributed by atoms with Crippen LogP contribution in [0, 0.1) is 18.3 Å². The van der Waals surface area contributed by atoms with Gasteiger partial charge in [-0.25, -0.2) is 13.8 Å². The summed E-state index contributed by atoms with van der Waals surface area (Å²) in [5.41, 5.74) is 4.05. The van der Waals surface area contributed by atoms with E-state index in [9.17, 15) is 14.0 Å². The predicted octanol–water partition coefficient (Wildman–Crippen LogP) is 4.87. The molecule has 0 amide bonds. The molecule has 1 saturated heterocycles. The van der Waals surface area contributed by atoms with E-state index in [0.29, 0.717) is 30.1 Å². The summed E-state index contributed by atoms with van der Waals surface area (Å²) >= 11 is 0. The summed E-state index contributed by atoms with van der Waals surface area (Å²) in [5, 5.41) is 23.4. The number of nitrogens with one attached hydrogen (secondary N) is 1. The molecular formula is C24H23F2N7. The first kappa shape index (κ1) is 21.1. The van der Waals surface area contributed by atoms with Crippen molar-refractivity contribution in [1.82, 2.24) is 19.8 Å². The van der Waals surface area contributed by atoms with Crippen molar-refractivity contribution in [3.63, 3.8) is 0 Å². The van der Waals surface area contributed by atoms with Crippen molar-refractivity contribution in [2.24, 2.45) is 0 Å². The Kier molecular flexibility index (Phi) is 5.08. The molecule has 0 saturated carbocycles. The predicted molar refractivity (Wildman–Crippen MR) is 123 cm³/mol. The Bertz CT molecular complexity index is 1380. The minimum Gasteiger partial charge on any atom is -0.371 e. The van der Waals surface area contributed by atoms with Gasteiger partial charge in [0.2, 0.25) is 0 Å². The van der Waals surface area contributed by atoms with Crippen LogP contribution in [0.1, 0.15) is 42.5 Å². The lowest BCUT2D eigenvalue weighted by Crippen LogP contribution is -2.39. The molecule has 0 spiro atoms. The van der Waals surface area contributed by atoms with Gasteiger partial charge in [0, 0.05) is 42.4 Å². The second-order valence-electron chi connectivity index (χ2n) is 8.49. The lowest BCUT2D eigenvalue weighted by atomic mass is 9.98. The molecule has 2 aromatic heterocycles. The minimum absolute atomic E-state index is 0.132. The van der Waals surface area contributed by atoms with E-state index in [1.165, 1.54) is 11.0 Å². The van der Waals surface area contributed by atoms with Gasteiger partial charge in [-0.2, -0.15) is 5.26 Å². The van der Waals surface area contributed by atoms with Crippen molar-refractivity contribution in [1.29, 1.82) is 5.26 Å². The van der Waals surface area contributed by atoms with Gasteiger partial charge in [0.15, 0.2) is 11.5 Å². The molecule has 7 nitrogen and oxygen atoms in total. The summed E-state index contributed by atoms with van der Waals surface area (Å²) in [7, 11) is 0. The topological polar surface area (TPSA) is 82.1 Å². The van der Waals surface area contributed by atoms with Crippen molar-refractivity contribution >= 4 is 27.9 Å². The van der Waals surface area contributed by atoms with Crippen molar-refractivity contribution in [2.75, 3.05) is 23.3 Å². The quantitative estimate of drug-likeness (QED) is 0.481. The van der Waals surface area contributed by atoms with Gasteiger partial charge >= 0.3 is 0 Å². The van der Waals surface area contributed by atoms with E-state index in [0.717, 1.165) is 27.6 Å². The number of hydrogen-bond donors (Lipinski definition) is 1. The Labute approximate surface area is 189 Å². The average molecular weight is 447 g/mol. The van der Waals surface area contributed by atoms with Gasteiger partial charge in [0.25, 0.3) is 5.92 Å². The molecule has 3 heterocycles. The van der Waals surface area contributed by atoms with Crippen LogP contribution in [-0.4, -0.2) is 38.8 Å². The Morgan fingerprint density at radius 1 is 1.15 bits per heavy atom. The number of hydrogen-bond acceptors (Lipinski definition) is 6. The molecule has 0 unspecified atom stereocenters. The van der Waals surface area contributed by atoms with Crippen LogP contribution in [0.15, 0.2) is 42.7 Å². The highest BCUT2D eigenvalue weighted by atomic mass is 19.3. The number of alkyl halides is 2. The molecule has 2 aromatic carbocycles. The molecule has 33 heavy (non-hydrogen) atoms. The molecule has 168 valence electrons. The maximum Gasteiger partial charge on any atom is 0.251 e. The largest absolute Gasteiger partial charge is 0.371 e. The van der Waals surface area contributed by atoms with Crippen molar-refractivity contribution in [2.45, 2.75) is 38.7 Å². The van der Waals surface area contributed by atoms with Crippen LogP contribution in [0.5, 0.6) is 0 Å². The number of aromatic nitrogens is 4. The van der Waals surface area contributed by atoms with E-state index in [4.69, 9.17) is 0 Å². The number of nitriles is 1. The summed E-state index contributed by atoms with van der Waals surface area (Å²) in [6, 6.07) is 13.6. The molecule has 1 aliphatic rings. The summed E-state index contributed by atoms with van der Waals surface area (Å²) in [5.74, 6) is -1.98. The first-order valence-corrected chi connectivity index (χ1v) is 10.9. The monoisotopic (exact) mass is 447 g/mol. The highest BCUT2D eigenvalue weighted by Gasteiger charge is 2.34. The van der Waals surface area contributed by atoms with Crippen LogP contribution in [0.4, 0.5) is 20.3 Å². The summed E-state index contributed by atoms with van der Waals surface area (Å²) in [6.45, 7) is 4.55. The van der Waals surface area contributed by atoms with Gasteiger partial charge in [-0.15, -0.1) is 14.8 Å². The highest BCUT2D eigenvalue weighted by Crippen LogP contribution is 2.35. The van der Waals surface area contributed by atoms with E-state index in [1.807, 2.05) is 49.1 Å². The number of anilines is 2. The van der Waals surface area contributed by atoms with Crippen LogP contribution in [0.2, 0.25) is 0 Å². The van der Waals surface area contributed by atoms with Crippen molar-refractivity contribution in [3.05, 3.63) is 59.4 Å². The summed E-state index contributed by atoms with van der Waals surface area (Å²) in [4.78, 5) is 6.32. The minimum atomic E-state index is -2.60. The van der Waals surface area contributed by atoms with E-state index in [-0.39, 0.29) is 18.9 Å². The fourth-order valence-corrected chi connectivity index (χ4v) is 4.48. The first-order valence-electron chi connectivity index (χ1n) is 10.9. The van der Waals surface area contributed by atoms with Crippen LogP contribution in [0.25, 0.3) is 16.4 Å². The molecule has 0 aliphatic carbocycles. The van der Waals surface area contributed by atoms with Crippen molar-refractivity contribution in [3.8, 4) is 6.07 Å². The third-order valence-electron chi connectivity index (χ3n) is 6.40. The number of rotatable bonds is 4. The molecule has 1 atom stereocenters. The number of halogens is 2. The number of piperidine rings is 1. The van der Waals surface area contributed by atoms with Crippen LogP contribution in [0.3, 0.4) is 0 Å². The Balaban J connectivity index is 1.56. The van der Waals surface area contributed by atoms with Gasteiger partial charge in [-0.1, -0.05) is 12.1 Å². The molecule has 5 rings (SSSR count). The van der Waals surface area contributed by atoms with Gasteiger partial charge in [-0.05, 0) is 49.2 Å². The Morgan fingerprint density at radius 2 is 1.94 bits per heavy atom. The summed E-state index contributed by atoms with van der Waals surface area (Å²) < 4.78 is 28.8. The maximum atomic E-state index is 13.7. The Morgan fingerprint density at radius 3 is 2.70 bits per heavy atom. The van der Waals surface area contributed by atoms with Gasteiger partial charge in [0.1, 0.15) is 6.33 Å². The zero-order chi connectivity index (χ0) is 23.2. The average Bonchev–Trinajstić information content (AvgIpc) is 3.27. The SMILES string of the molecule is Cc1c(C#N)cccc1[C@@H](C)Nc1nn2ncnc2c2ccc(N3CCC(F)(F)CC3)cc12. The number of nitrogens with zero attached hydrogens (tertiary/aromatic N) is 6. The fraction of sp³-hybridized carbons (Fsp3) is 0.333. The van der Waals surface area contributed by atoms with E-state index >= 15 is 0 Å². The van der Waals surface area contributed by atoms with E-state index in [1.54, 1.807) is 6.07 Å². The number of benzene rings is 2. The summed E-state index contributed by atoms with van der Waals surface area (Å²) in [6.07, 6.45) is 1.16. The third kappa shape index (κ3) is 3.82. The van der Waals surface area contributed by atoms with Gasteiger partial charge in [0.05, 0.1) is 17.7 Å². The van der Waals surface area contributed by atoms with E-state index in [2.05, 4.69) is 26.6 Å². The van der Waals surface area contributed by atoms with Crippen LogP contribution >= 0.6 is 0 Å². The molecule has 1 N–H and O–H groups in total. The van der Waals surface area contributed by atoms with Crippen LogP contribution in [-0.2, 0) is 0 Å². The third-order valence-corrected chi connectivity index (χ3v) is 6.40. The molecule has 1 aliphatic heterocycles. The second kappa shape index (κ2) is 7.96. The number of fused-ring (bicyclic) bond motifs is 3. The molecule has 0 radical (unpaired) electrons. The first-order chi connectivity index (χ1) is 15.9. The highest BCUT2D eigenvalue weighted by molar-refractivity contribution is 6.01. The van der Waals surface area contributed by atoms with Gasteiger partial charge in [-0.3, -0.25) is 0 Å². The Hall–Kier alpha value is -3.80. The van der Waals surface area contributed by atoms with E-state index < -0.39 is 5.92 Å². The molecule has 0 bridgehead atoms. The molecule has 1 fully saturated rings. The van der Waals surface area contributed by atoms with Gasteiger partial charge < -0.3 is 10.2 Å². The standard InChI is InChI=1S/C24H23F2N7/c1-15-17(13-27)4-3-5-19(15)16(2)30-22-21-12-18(32-10-8-24(25,26)9-11-32)6-7-20(21)23-28-14-29-33(23)31-22/h3-7,12,14,16H,8-11H2,1-2H3,(H,30,31)/t16-/m1/s1. The zero-order valence-electron chi connectivity index (χ0n) is 18.4. The van der Waals surface area contributed by atoms with Crippen LogP contribution < -0.4 is 10.2 Å². The van der Waals surface area contributed by atoms with Crippen molar-refractivity contribution < 1.29 is 8.78 Å². The smallest absolute Gasteiger partial charge is 0.251 e. The lowest BCUT2D eigenvalue weighted by molar-refractivity contribution is -0.0220. The molecule has 4 aromatic rings.